The summed E-state index contributed by atoms with van der Waals surface area (Å²) >= 11 is 4.50. The maximum Gasteiger partial charge on any atom is 0.168 e. The first kappa shape index (κ1) is 13.1. The Morgan fingerprint density at radius 1 is 1.56 bits per heavy atom. The number of thiol groups is 1. The number of hydrogen-bond acceptors (Lipinski definition) is 4. The lowest BCUT2D eigenvalue weighted by Gasteiger charge is -2.17. The molecule has 0 spiro atoms. The Bertz CT molecular complexity index is 403. The molecular formula is C11H20N4S. The van der Waals surface area contributed by atoms with Crippen LogP contribution in [0.25, 0.3) is 0 Å². The van der Waals surface area contributed by atoms with E-state index < -0.39 is 0 Å². The van der Waals surface area contributed by atoms with Crippen LogP contribution in [0.3, 0.4) is 0 Å². The van der Waals surface area contributed by atoms with E-state index in [9.17, 15) is 0 Å². The fourth-order valence-electron chi connectivity index (χ4n) is 1.56. The van der Waals surface area contributed by atoms with E-state index in [1.54, 1.807) is 0 Å². The van der Waals surface area contributed by atoms with Crippen molar-refractivity contribution in [3.05, 3.63) is 23.3 Å². The quantitative estimate of drug-likeness (QED) is 0.474. The third-order valence-electron chi connectivity index (χ3n) is 2.15. The largest absolute Gasteiger partial charge is 0.321 e. The van der Waals surface area contributed by atoms with Gasteiger partial charge in [-0.3, -0.25) is 0 Å². The zero-order chi connectivity index (χ0) is 12.2. The minimum atomic E-state index is -0.0511. The smallest absolute Gasteiger partial charge is 0.168 e. The molecule has 5 heteroatoms. The zero-order valence-electron chi connectivity index (χ0n) is 10.1. The molecule has 1 aromatic heterocycles. The molecule has 0 aliphatic rings. The van der Waals surface area contributed by atoms with Gasteiger partial charge in [0, 0.05) is 11.3 Å². The van der Waals surface area contributed by atoms with E-state index in [0.717, 1.165) is 30.4 Å². The third kappa shape index (κ3) is 3.89. The summed E-state index contributed by atoms with van der Waals surface area (Å²) in [5.41, 5.74) is 1.83. The molecule has 0 saturated carbocycles. The molecule has 0 aliphatic heterocycles. The second-order valence-corrected chi connectivity index (χ2v) is 5.77. The van der Waals surface area contributed by atoms with Crippen molar-refractivity contribution in [3.63, 3.8) is 0 Å². The van der Waals surface area contributed by atoms with E-state index in [2.05, 4.69) is 43.6 Å². The van der Waals surface area contributed by atoms with Crippen LogP contribution in [0, 0.1) is 0 Å². The van der Waals surface area contributed by atoms with E-state index in [1.807, 2.05) is 16.9 Å². The molecule has 0 atom stereocenters. The number of aryl methyl sites for hydroxylation is 1. The van der Waals surface area contributed by atoms with Crippen LogP contribution in [0.15, 0.2) is 17.4 Å². The number of nitrogens with two attached hydrogens (primary N) is 1. The minimum Gasteiger partial charge on any atom is -0.321 e. The van der Waals surface area contributed by atoms with Gasteiger partial charge in [0.2, 0.25) is 0 Å². The van der Waals surface area contributed by atoms with E-state index >= 15 is 0 Å². The first-order valence-corrected chi connectivity index (χ1v) is 5.93. The molecular weight excluding hydrogens is 220 g/mol. The van der Waals surface area contributed by atoms with Gasteiger partial charge in [-0.15, -0.1) is 0 Å². The predicted molar refractivity (Wildman–Crippen MR) is 69.0 cm³/mol. The van der Waals surface area contributed by atoms with E-state index in [-0.39, 0.29) is 4.75 Å². The Morgan fingerprint density at radius 3 is 2.75 bits per heavy atom. The summed E-state index contributed by atoms with van der Waals surface area (Å²) in [5, 5.41) is 8.09. The van der Waals surface area contributed by atoms with Gasteiger partial charge in [0.15, 0.2) is 5.49 Å². The minimum absolute atomic E-state index is 0.0511. The summed E-state index contributed by atoms with van der Waals surface area (Å²) in [5.74, 6) is 5.36. The molecule has 4 nitrogen and oxygen atoms in total. The number of aromatic nitrogens is 2. The lowest BCUT2D eigenvalue weighted by molar-refractivity contribution is 0.550. The predicted octanol–water partition coefficient (Wildman–Crippen LogP) is 1.32. The summed E-state index contributed by atoms with van der Waals surface area (Å²) in [6.07, 6.45) is 3.72. The molecule has 2 N–H and O–H groups in total. The second-order valence-electron chi connectivity index (χ2n) is 4.56. The molecule has 0 aliphatic carbocycles. The lowest BCUT2D eigenvalue weighted by atomic mass is 10.0. The summed E-state index contributed by atoms with van der Waals surface area (Å²) in [4.78, 5) is 0. The highest BCUT2D eigenvalue weighted by molar-refractivity contribution is 7.81. The molecule has 1 rings (SSSR count). The van der Waals surface area contributed by atoms with Gasteiger partial charge in [-0.05, 0) is 24.5 Å². The SMILES string of the molecule is CCCn1ncc(CC(C)(C)S)c/c1=N/N. The Kier molecular flexibility index (Phi) is 4.41. The van der Waals surface area contributed by atoms with Crippen molar-refractivity contribution in [1.82, 2.24) is 9.78 Å². The fraction of sp³-hybridized carbons (Fsp3) is 0.636. The fourth-order valence-corrected chi connectivity index (χ4v) is 1.75. The summed E-state index contributed by atoms with van der Waals surface area (Å²) in [7, 11) is 0. The molecule has 0 saturated heterocycles. The van der Waals surface area contributed by atoms with Gasteiger partial charge in [0.25, 0.3) is 0 Å². The maximum absolute atomic E-state index is 5.36. The third-order valence-corrected chi connectivity index (χ3v) is 2.30. The van der Waals surface area contributed by atoms with Crippen LogP contribution in [0.1, 0.15) is 32.8 Å². The van der Waals surface area contributed by atoms with Crippen LogP contribution in [0.5, 0.6) is 0 Å². The molecule has 0 unspecified atom stereocenters. The van der Waals surface area contributed by atoms with E-state index in [0.29, 0.717) is 0 Å². The molecule has 0 radical (unpaired) electrons. The van der Waals surface area contributed by atoms with Crippen molar-refractivity contribution in [3.8, 4) is 0 Å². The molecule has 0 fully saturated rings. The van der Waals surface area contributed by atoms with Crippen LogP contribution in [0.4, 0.5) is 0 Å². The van der Waals surface area contributed by atoms with Gasteiger partial charge >= 0.3 is 0 Å². The Labute approximate surface area is 102 Å². The van der Waals surface area contributed by atoms with Gasteiger partial charge in [-0.2, -0.15) is 22.8 Å². The topological polar surface area (TPSA) is 56.2 Å². The summed E-state index contributed by atoms with van der Waals surface area (Å²) in [6, 6.07) is 1.97. The van der Waals surface area contributed by atoms with E-state index in [4.69, 9.17) is 5.84 Å². The normalized spacial score (nSPS) is 13.1. The van der Waals surface area contributed by atoms with Crippen LogP contribution in [-0.2, 0) is 13.0 Å². The number of nitrogens with zero attached hydrogens (tertiary/aromatic N) is 3. The van der Waals surface area contributed by atoms with Crippen molar-refractivity contribution >= 4 is 12.6 Å². The van der Waals surface area contributed by atoms with Gasteiger partial charge < -0.3 is 5.84 Å². The molecule has 90 valence electrons. The molecule has 16 heavy (non-hydrogen) atoms. The van der Waals surface area contributed by atoms with Gasteiger partial charge in [0.1, 0.15) is 0 Å². The van der Waals surface area contributed by atoms with Crippen LogP contribution < -0.4 is 11.3 Å². The van der Waals surface area contributed by atoms with Crippen molar-refractivity contribution in [2.24, 2.45) is 10.9 Å². The standard InChI is InChI=1S/C11H20N4S/c1-4-5-15-10(14-12)6-9(8-13-15)7-11(2,3)16/h6,8,16H,4-5,7,12H2,1-3H3/b14-10-. The highest BCUT2D eigenvalue weighted by Gasteiger charge is 2.12. The Morgan fingerprint density at radius 2 is 2.25 bits per heavy atom. The first-order valence-electron chi connectivity index (χ1n) is 5.48. The van der Waals surface area contributed by atoms with Crippen molar-refractivity contribution < 1.29 is 0 Å². The molecule has 1 aromatic rings. The second kappa shape index (κ2) is 5.39. The zero-order valence-corrected chi connectivity index (χ0v) is 11.0. The first-order chi connectivity index (χ1) is 7.46. The molecule has 1 heterocycles. The average molecular weight is 240 g/mol. The van der Waals surface area contributed by atoms with Crippen LogP contribution >= 0.6 is 12.6 Å². The van der Waals surface area contributed by atoms with Crippen LogP contribution in [0.2, 0.25) is 0 Å². The number of rotatable bonds is 4. The van der Waals surface area contributed by atoms with Gasteiger partial charge in [-0.1, -0.05) is 20.8 Å². The highest BCUT2D eigenvalue weighted by atomic mass is 32.1. The maximum atomic E-state index is 5.36. The highest BCUT2D eigenvalue weighted by Crippen LogP contribution is 2.17. The van der Waals surface area contributed by atoms with Crippen molar-refractivity contribution in [1.29, 1.82) is 0 Å². The Balaban J connectivity index is 3.01. The van der Waals surface area contributed by atoms with Crippen molar-refractivity contribution in [2.75, 3.05) is 0 Å². The monoisotopic (exact) mass is 240 g/mol. The average Bonchev–Trinajstić information content (AvgIpc) is 2.18. The Hall–Kier alpha value is -0.970. The van der Waals surface area contributed by atoms with Crippen molar-refractivity contribution in [2.45, 2.75) is 44.9 Å². The summed E-state index contributed by atoms with van der Waals surface area (Å²) in [6.45, 7) is 7.07. The van der Waals surface area contributed by atoms with Crippen LogP contribution in [-0.4, -0.2) is 14.5 Å². The summed E-state index contributed by atoms with van der Waals surface area (Å²) < 4.78 is 1.76. The molecule has 0 amide bonds. The van der Waals surface area contributed by atoms with E-state index in [1.165, 1.54) is 0 Å². The number of hydrogen-bond donors (Lipinski definition) is 2. The molecule has 0 bridgehead atoms. The lowest BCUT2D eigenvalue weighted by Crippen LogP contribution is -2.27. The van der Waals surface area contributed by atoms with Gasteiger partial charge in [0.05, 0.1) is 6.20 Å². The van der Waals surface area contributed by atoms with Gasteiger partial charge in [-0.25, -0.2) is 4.68 Å². The molecule has 0 aromatic carbocycles.